The smallest absolute Gasteiger partial charge is 0.245 e. The summed E-state index contributed by atoms with van der Waals surface area (Å²) < 4.78 is 7.08. The summed E-state index contributed by atoms with van der Waals surface area (Å²) in [6.45, 7) is 19.7. The molecule has 11 nitrogen and oxygen atoms in total. The fraction of sp³-hybridized carbons (Fsp3) is 0.536. The molecule has 1 fully saturated rings. The lowest BCUT2D eigenvalue weighted by atomic mass is 9.92. The van der Waals surface area contributed by atoms with Crippen molar-refractivity contribution in [1.82, 2.24) is 25.0 Å². The fourth-order valence-corrected chi connectivity index (χ4v) is 4.12. The molecule has 0 bridgehead atoms. The van der Waals surface area contributed by atoms with Crippen LogP contribution in [0.5, 0.6) is 5.88 Å². The highest BCUT2D eigenvalue weighted by Crippen LogP contribution is 2.24. The number of pyridine rings is 1. The van der Waals surface area contributed by atoms with E-state index in [4.69, 9.17) is 4.74 Å². The summed E-state index contributed by atoms with van der Waals surface area (Å²) in [6, 6.07) is 1.08. The van der Waals surface area contributed by atoms with Crippen molar-refractivity contribution in [2.24, 2.45) is 15.4 Å². The third kappa shape index (κ3) is 8.56. The molecule has 212 valence electrons. The molecular weight excluding hydrogens is 498 g/mol. The van der Waals surface area contributed by atoms with Gasteiger partial charge in [0.1, 0.15) is 24.9 Å². The second-order valence-electron chi connectivity index (χ2n) is 10.1. The SMILES string of the molecule is C=CN=C(COc1cc2c(C(C)=O)nn(CC(=O)N3CCCC3C(=O)NCCC(C)(C)C)c2cn1)N=C.CC. The summed E-state index contributed by atoms with van der Waals surface area (Å²) in [5.41, 5.74) is 0.824. The van der Waals surface area contributed by atoms with Crippen LogP contribution in [0, 0.1) is 5.41 Å². The number of rotatable bonds is 10. The Bertz CT molecular complexity index is 1230. The number of carbonyl (C=O) groups excluding carboxylic acids is 3. The molecule has 1 aliphatic heterocycles. The minimum Gasteiger partial charge on any atom is -0.469 e. The maximum absolute atomic E-state index is 13.2. The molecular formula is C28H41N7O4. The average Bonchev–Trinajstić information content (AvgIpc) is 3.52. The van der Waals surface area contributed by atoms with Crippen LogP contribution in [0.1, 0.15) is 71.3 Å². The van der Waals surface area contributed by atoms with Gasteiger partial charge in [0.2, 0.25) is 17.7 Å². The number of amides is 2. The number of aliphatic imine (C=N–C) groups is 2. The van der Waals surface area contributed by atoms with E-state index in [9.17, 15) is 14.4 Å². The number of nitrogens with zero attached hydrogens (tertiary/aromatic N) is 6. The van der Waals surface area contributed by atoms with Gasteiger partial charge in [-0.15, -0.1) is 0 Å². The molecule has 1 N–H and O–H groups in total. The number of likely N-dealkylation sites (tertiary alicyclic amines) is 1. The minimum atomic E-state index is -0.510. The highest BCUT2D eigenvalue weighted by atomic mass is 16.5. The van der Waals surface area contributed by atoms with Crippen molar-refractivity contribution in [2.75, 3.05) is 19.7 Å². The quantitative estimate of drug-likeness (QED) is 0.277. The van der Waals surface area contributed by atoms with Gasteiger partial charge in [0.25, 0.3) is 0 Å². The van der Waals surface area contributed by atoms with Gasteiger partial charge in [0.15, 0.2) is 11.6 Å². The van der Waals surface area contributed by atoms with E-state index in [1.54, 1.807) is 11.0 Å². The number of carbonyl (C=O) groups is 3. The van der Waals surface area contributed by atoms with Crippen LogP contribution in [0.2, 0.25) is 0 Å². The summed E-state index contributed by atoms with van der Waals surface area (Å²) in [5, 5.41) is 7.87. The largest absolute Gasteiger partial charge is 0.469 e. The van der Waals surface area contributed by atoms with Crippen LogP contribution < -0.4 is 10.1 Å². The van der Waals surface area contributed by atoms with Gasteiger partial charge in [-0.25, -0.2) is 15.0 Å². The van der Waals surface area contributed by atoms with Gasteiger partial charge >= 0.3 is 0 Å². The van der Waals surface area contributed by atoms with Gasteiger partial charge in [-0.1, -0.05) is 41.2 Å². The van der Waals surface area contributed by atoms with Crippen LogP contribution >= 0.6 is 0 Å². The van der Waals surface area contributed by atoms with Crippen LogP contribution in [0.4, 0.5) is 0 Å². The summed E-state index contributed by atoms with van der Waals surface area (Å²) in [4.78, 5) is 51.9. The minimum absolute atomic E-state index is 0.0181. The maximum Gasteiger partial charge on any atom is 0.245 e. The summed E-state index contributed by atoms with van der Waals surface area (Å²) in [5.74, 6) is -0.0648. The number of ketones is 1. The fourth-order valence-electron chi connectivity index (χ4n) is 4.12. The van der Waals surface area contributed by atoms with E-state index in [2.05, 4.69) is 59.5 Å². The van der Waals surface area contributed by atoms with Crippen molar-refractivity contribution in [1.29, 1.82) is 0 Å². The van der Waals surface area contributed by atoms with E-state index >= 15 is 0 Å². The predicted octanol–water partition coefficient (Wildman–Crippen LogP) is 3.82. The molecule has 0 aromatic carbocycles. The predicted molar refractivity (Wildman–Crippen MR) is 153 cm³/mol. The molecule has 0 aliphatic carbocycles. The Morgan fingerprint density at radius 2 is 2.00 bits per heavy atom. The van der Waals surface area contributed by atoms with E-state index in [0.717, 1.165) is 12.8 Å². The van der Waals surface area contributed by atoms with Crippen LogP contribution in [0.3, 0.4) is 0 Å². The molecule has 1 atom stereocenters. The summed E-state index contributed by atoms with van der Waals surface area (Å²) in [6.07, 6.45) is 5.05. The summed E-state index contributed by atoms with van der Waals surface area (Å²) in [7, 11) is 0. The van der Waals surface area contributed by atoms with Crippen molar-refractivity contribution >= 4 is 41.1 Å². The molecule has 2 amide bonds. The lowest BCUT2D eigenvalue weighted by Crippen LogP contribution is -2.47. The number of aromatic nitrogens is 3. The lowest BCUT2D eigenvalue weighted by molar-refractivity contribution is -0.139. The van der Waals surface area contributed by atoms with Crippen LogP contribution in [0.25, 0.3) is 10.9 Å². The first-order valence-electron chi connectivity index (χ1n) is 13.3. The van der Waals surface area contributed by atoms with E-state index in [-0.39, 0.29) is 47.7 Å². The first-order valence-corrected chi connectivity index (χ1v) is 13.3. The van der Waals surface area contributed by atoms with Gasteiger partial charge in [0.05, 0.1) is 11.7 Å². The number of hydrogen-bond donors (Lipinski definition) is 1. The first-order chi connectivity index (χ1) is 18.5. The van der Waals surface area contributed by atoms with Crippen molar-refractivity contribution in [3.05, 3.63) is 30.7 Å². The number of amidine groups is 1. The van der Waals surface area contributed by atoms with Crippen LogP contribution in [-0.4, -0.2) is 75.6 Å². The Morgan fingerprint density at radius 3 is 2.62 bits per heavy atom. The van der Waals surface area contributed by atoms with E-state index in [1.165, 1.54) is 24.0 Å². The molecule has 1 aliphatic rings. The molecule has 39 heavy (non-hydrogen) atoms. The number of hydrogen-bond acceptors (Lipinski definition) is 7. The first kappa shape index (κ1) is 31.3. The van der Waals surface area contributed by atoms with E-state index in [0.29, 0.717) is 36.2 Å². The van der Waals surface area contributed by atoms with Crippen molar-refractivity contribution in [3.63, 3.8) is 0 Å². The highest BCUT2D eigenvalue weighted by molar-refractivity contribution is 6.05. The van der Waals surface area contributed by atoms with Crippen LogP contribution in [0.15, 0.2) is 35.0 Å². The van der Waals surface area contributed by atoms with Crippen molar-refractivity contribution < 1.29 is 19.1 Å². The van der Waals surface area contributed by atoms with Gasteiger partial charge in [0, 0.05) is 37.7 Å². The third-order valence-corrected chi connectivity index (χ3v) is 6.05. The second kappa shape index (κ2) is 14.3. The normalized spacial score (nSPS) is 15.4. The molecule has 0 saturated carbocycles. The van der Waals surface area contributed by atoms with Gasteiger partial charge in [-0.2, -0.15) is 5.10 Å². The molecule has 3 heterocycles. The van der Waals surface area contributed by atoms with Crippen molar-refractivity contribution in [2.45, 2.75) is 73.4 Å². The molecule has 2 aromatic heterocycles. The Labute approximate surface area is 230 Å². The molecule has 1 saturated heterocycles. The summed E-state index contributed by atoms with van der Waals surface area (Å²) >= 11 is 0. The van der Waals surface area contributed by atoms with Gasteiger partial charge in [-0.05, 0) is 31.4 Å². The Morgan fingerprint density at radius 1 is 1.28 bits per heavy atom. The van der Waals surface area contributed by atoms with E-state index < -0.39 is 6.04 Å². The zero-order valence-corrected chi connectivity index (χ0v) is 24.0. The van der Waals surface area contributed by atoms with Crippen LogP contribution in [-0.2, 0) is 16.1 Å². The molecule has 3 rings (SSSR count). The maximum atomic E-state index is 13.2. The standard InChI is InChI=1S/C26H35N7O4.C2H6/c1-7-28-21(27-6)16-37-22-13-18-20(14-30-22)33(31-24(18)17(2)34)15-23(35)32-12-8-9-19(32)25(36)29-11-10-26(3,4)5;1-2/h7,13-14,19H,1,6,8-12,15-16H2,2-5H3,(H,29,36);1-2H3. The van der Waals surface area contributed by atoms with Crippen molar-refractivity contribution in [3.8, 4) is 5.88 Å². The number of ether oxygens (including phenoxy) is 1. The highest BCUT2D eigenvalue weighted by Gasteiger charge is 2.34. The number of fused-ring (bicyclic) bond motifs is 1. The molecule has 0 spiro atoms. The molecule has 0 radical (unpaired) electrons. The molecule has 1 unspecified atom stereocenters. The zero-order chi connectivity index (χ0) is 29.2. The topological polar surface area (TPSA) is 131 Å². The lowest BCUT2D eigenvalue weighted by Gasteiger charge is -2.25. The number of Topliss-reactive ketones (excluding diaryl/α,β-unsaturated/α-hetero) is 1. The molecule has 11 heteroatoms. The molecule has 2 aromatic rings. The zero-order valence-electron chi connectivity index (χ0n) is 24.0. The number of nitrogens with one attached hydrogen (secondary N) is 1. The Balaban J connectivity index is 0.00000260. The third-order valence-electron chi connectivity index (χ3n) is 6.05. The second-order valence-corrected chi connectivity index (χ2v) is 10.1. The monoisotopic (exact) mass is 539 g/mol. The Hall–Kier alpha value is -3.89. The van der Waals surface area contributed by atoms with E-state index in [1.807, 2.05) is 13.8 Å². The van der Waals surface area contributed by atoms with Gasteiger partial charge in [-0.3, -0.25) is 19.1 Å². The average molecular weight is 540 g/mol. The Kier molecular flexibility index (Phi) is 11.5. The van der Waals surface area contributed by atoms with Gasteiger partial charge < -0.3 is 15.0 Å².